The molecule has 0 aliphatic heterocycles. The van der Waals surface area contributed by atoms with Gasteiger partial charge in [-0.3, -0.25) is 4.79 Å². The lowest BCUT2D eigenvalue weighted by atomic mass is 9.90. The molecule has 1 aromatic carbocycles. The lowest BCUT2D eigenvalue weighted by Gasteiger charge is -2.21. The van der Waals surface area contributed by atoms with E-state index in [1.807, 2.05) is 0 Å². The lowest BCUT2D eigenvalue weighted by molar-refractivity contribution is -0.117. The molecule has 0 saturated heterocycles. The first-order valence-corrected chi connectivity index (χ1v) is 7.95. The second-order valence-corrected chi connectivity index (χ2v) is 6.02. The van der Waals surface area contributed by atoms with E-state index in [1.54, 1.807) is 18.2 Å². The van der Waals surface area contributed by atoms with E-state index in [2.05, 4.69) is 5.32 Å². The summed E-state index contributed by atoms with van der Waals surface area (Å²) in [6, 6.07) is 5.06. The third kappa shape index (κ3) is 5.56. The highest BCUT2D eigenvalue weighted by Gasteiger charge is 2.13. The van der Waals surface area contributed by atoms with Gasteiger partial charge in [0.05, 0.1) is 23.7 Å². The van der Waals surface area contributed by atoms with Crippen molar-refractivity contribution in [2.45, 2.75) is 38.5 Å². The number of anilines is 2. The zero-order valence-corrected chi connectivity index (χ0v) is 13.0. The number of amides is 1. The molecule has 1 fully saturated rings. The summed E-state index contributed by atoms with van der Waals surface area (Å²) in [6.45, 7) is 1.24. The molecule has 116 valence electrons. The molecule has 1 amide bonds. The average Bonchev–Trinajstić information content (AvgIpc) is 2.49. The molecule has 0 spiro atoms. The quantitative estimate of drug-likeness (QED) is 0.619. The number of hydrogen-bond donors (Lipinski definition) is 2. The van der Waals surface area contributed by atoms with Crippen molar-refractivity contribution in [3.8, 4) is 0 Å². The number of nitrogens with one attached hydrogen (secondary N) is 1. The van der Waals surface area contributed by atoms with E-state index < -0.39 is 0 Å². The number of benzene rings is 1. The maximum Gasteiger partial charge on any atom is 0.226 e. The smallest absolute Gasteiger partial charge is 0.226 e. The third-order valence-electron chi connectivity index (χ3n) is 3.83. The topological polar surface area (TPSA) is 64.3 Å². The largest absolute Gasteiger partial charge is 0.397 e. The van der Waals surface area contributed by atoms with Crippen molar-refractivity contribution in [2.75, 3.05) is 24.3 Å². The molecular weight excluding hydrogens is 288 g/mol. The lowest BCUT2D eigenvalue weighted by Crippen LogP contribution is -2.17. The Labute approximate surface area is 131 Å². The van der Waals surface area contributed by atoms with Crippen molar-refractivity contribution in [1.82, 2.24) is 0 Å². The minimum atomic E-state index is -0.0691. The normalized spacial score (nSPS) is 15.9. The van der Waals surface area contributed by atoms with Gasteiger partial charge in [-0.1, -0.05) is 30.9 Å². The van der Waals surface area contributed by atoms with Crippen molar-refractivity contribution in [3.63, 3.8) is 0 Å². The van der Waals surface area contributed by atoms with E-state index >= 15 is 0 Å². The highest BCUT2D eigenvalue weighted by atomic mass is 35.5. The van der Waals surface area contributed by atoms with Crippen LogP contribution in [0.3, 0.4) is 0 Å². The molecule has 1 aromatic rings. The maximum absolute atomic E-state index is 11.8. The van der Waals surface area contributed by atoms with Crippen LogP contribution in [0.25, 0.3) is 0 Å². The third-order valence-corrected chi connectivity index (χ3v) is 4.18. The molecule has 0 radical (unpaired) electrons. The highest BCUT2D eigenvalue weighted by molar-refractivity contribution is 6.33. The fourth-order valence-corrected chi connectivity index (χ4v) is 2.73. The Morgan fingerprint density at radius 3 is 2.81 bits per heavy atom. The summed E-state index contributed by atoms with van der Waals surface area (Å²) in [5.41, 5.74) is 6.82. The fourth-order valence-electron chi connectivity index (χ4n) is 2.61. The van der Waals surface area contributed by atoms with Gasteiger partial charge >= 0.3 is 0 Å². The van der Waals surface area contributed by atoms with E-state index in [4.69, 9.17) is 22.1 Å². The molecule has 0 heterocycles. The molecule has 21 heavy (non-hydrogen) atoms. The second-order valence-electron chi connectivity index (χ2n) is 5.61. The van der Waals surface area contributed by atoms with Crippen molar-refractivity contribution in [1.29, 1.82) is 0 Å². The summed E-state index contributed by atoms with van der Waals surface area (Å²) < 4.78 is 5.62. The molecule has 1 aliphatic rings. The molecule has 0 atom stereocenters. The minimum Gasteiger partial charge on any atom is -0.397 e. The first kappa shape index (κ1) is 16.1. The Morgan fingerprint density at radius 2 is 2.10 bits per heavy atom. The number of nitrogen functional groups attached to an aromatic ring is 1. The van der Waals surface area contributed by atoms with Crippen LogP contribution >= 0.6 is 11.6 Å². The Hall–Kier alpha value is -1.26. The second kappa shape index (κ2) is 8.25. The molecule has 2 rings (SSSR count). The van der Waals surface area contributed by atoms with Gasteiger partial charge in [0.15, 0.2) is 0 Å². The molecule has 0 unspecified atom stereocenters. The summed E-state index contributed by atoms with van der Waals surface area (Å²) >= 11 is 5.84. The van der Waals surface area contributed by atoms with Crippen LogP contribution in [0.15, 0.2) is 18.2 Å². The van der Waals surface area contributed by atoms with E-state index in [-0.39, 0.29) is 5.91 Å². The van der Waals surface area contributed by atoms with Crippen molar-refractivity contribution >= 4 is 28.9 Å². The average molecular weight is 311 g/mol. The number of carbonyl (C=O) groups excluding carboxylic acids is 1. The van der Waals surface area contributed by atoms with Crippen LogP contribution in [0.4, 0.5) is 11.4 Å². The van der Waals surface area contributed by atoms with Gasteiger partial charge < -0.3 is 15.8 Å². The van der Waals surface area contributed by atoms with Crippen LogP contribution < -0.4 is 11.1 Å². The summed E-state index contributed by atoms with van der Waals surface area (Å²) in [5.74, 6) is 0.609. The zero-order chi connectivity index (χ0) is 15.1. The van der Waals surface area contributed by atoms with Crippen LogP contribution in [0.1, 0.15) is 38.5 Å². The molecule has 0 bridgehead atoms. The number of halogens is 1. The Morgan fingerprint density at radius 1 is 1.33 bits per heavy atom. The molecule has 1 aliphatic carbocycles. The van der Waals surface area contributed by atoms with E-state index in [9.17, 15) is 4.79 Å². The van der Waals surface area contributed by atoms with E-state index in [0.717, 1.165) is 6.61 Å². The van der Waals surface area contributed by atoms with Crippen molar-refractivity contribution in [2.24, 2.45) is 5.92 Å². The van der Waals surface area contributed by atoms with Gasteiger partial charge in [-0.15, -0.1) is 0 Å². The fraction of sp³-hybridized carbons (Fsp3) is 0.562. The minimum absolute atomic E-state index is 0.0691. The van der Waals surface area contributed by atoms with Crippen LogP contribution in [0, 0.1) is 5.92 Å². The van der Waals surface area contributed by atoms with Crippen LogP contribution in [-0.2, 0) is 9.53 Å². The number of carbonyl (C=O) groups is 1. The standard InChI is InChI=1S/C16H23ClN2O2/c17-14-7-6-13(10-15(14)18)19-16(20)8-9-21-11-12-4-2-1-3-5-12/h6-7,10,12H,1-5,8-9,11,18H2,(H,19,20). The Bertz CT molecular complexity index is 473. The van der Waals surface area contributed by atoms with Gasteiger partial charge in [0.25, 0.3) is 0 Å². The number of rotatable bonds is 6. The first-order valence-electron chi connectivity index (χ1n) is 7.58. The number of ether oxygens (including phenoxy) is 1. The maximum atomic E-state index is 11.8. The first-order chi connectivity index (χ1) is 10.1. The molecule has 0 aromatic heterocycles. The summed E-state index contributed by atoms with van der Waals surface area (Å²) in [4.78, 5) is 11.8. The summed E-state index contributed by atoms with van der Waals surface area (Å²) in [6.07, 6.45) is 6.85. The molecule has 3 N–H and O–H groups in total. The predicted octanol–water partition coefficient (Wildman–Crippen LogP) is 3.85. The zero-order valence-electron chi connectivity index (χ0n) is 12.2. The predicted molar refractivity (Wildman–Crippen MR) is 86.5 cm³/mol. The van der Waals surface area contributed by atoms with Gasteiger partial charge in [0, 0.05) is 12.3 Å². The van der Waals surface area contributed by atoms with Gasteiger partial charge in [-0.05, 0) is 37.0 Å². The van der Waals surface area contributed by atoms with E-state index in [0.29, 0.717) is 35.3 Å². The SMILES string of the molecule is Nc1cc(NC(=O)CCOCC2CCCCC2)ccc1Cl. The molecule has 5 heteroatoms. The van der Waals surface area contributed by atoms with Crippen LogP contribution in [0.5, 0.6) is 0 Å². The van der Waals surface area contributed by atoms with Gasteiger partial charge in [0.1, 0.15) is 0 Å². The Balaban J connectivity index is 1.63. The molecular formula is C16H23ClN2O2. The number of hydrogen-bond acceptors (Lipinski definition) is 3. The number of nitrogens with two attached hydrogens (primary N) is 1. The van der Waals surface area contributed by atoms with Gasteiger partial charge in [-0.2, -0.15) is 0 Å². The van der Waals surface area contributed by atoms with Crippen LogP contribution in [0.2, 0.25) is 5.02 Å². The van der Waals surface area contributed by atoms with Crippen LogP contribution in [-0.4, -0.2) is 19.1 Å². The van der Waals surface area contributed by atoms with E-state index in [1.165, 1.54) is 32.1 Å². The van der Waals surface area contributed by atoms with Crippen molar-refractivity contribution < 1.29 is 9.53 Å². The molecule has 4 nitrogen and oxygen atoms in total. The van der Waals surface area contributed by atoms with Gasteiger partial charge in [-0.25, -0.2) is 0 Å². The summed E-state index contributed by atoms with van der Waals surface area (Å²) in [7, 11) is 0. The molecule has 1 saturated carbocycles. The van der Waals surface area contributed by atoms with Crippen molar-refractivity contribution in [3.05, 3.63) is 23.2 Å². The monoisotopic (exact) mass is 310 g/mol. The highest BCUT2D eigenvalue weighted by Crippen LogP contribution is 2.24. The summed E-state index contributed by atoms with van der Waals surface area (Å²) in [5, 5.41) is 3.28. The Kier molecular flexibility index (Phi) is 6.33. The van der Waals surface area contributed by atoms with Gasteiger partial charge in [0.2, 0.25) is 5.91 Å².